The molecule has 3 heteroatoms. The van der Waals surface area contributed by atoms with Crippen LogP contribution in [0.1, 0.15) is 44.2 Å². The predicted molar refractivity (Wildman–Crippen MR) is 70.9 cm³/mol. The Morgan fingerprint density at radius 1 is 1.31 bits per heavy atom. The van der Waals surface area contributed by atoms with E-state index in [1.54, 1.807) is 11.3 Å². The third-order valence-corrected chi connectivity index (χ3v) is 3.99. The van der Waals surface area contributed by atoms with Gasteiger partial charge in [0.15, 0.2) is 0 Å². The van der Waals surface area contributed by atoms with Crippen molar-refractivity contribution in [2.75, 3.05) is 0 Å². The number of nitrogens with two attached hydrogens (primary N) is 1. The standard InChI is InChI=1S/C13H18N2S/c1-8(2)9-5-6-10-11(7-9)16-12(15-10)13(3,4)14/h5-8H,14H2,1-4H3. The van der Waals surface area contributed by atoms with Gasteiger partial charge in [0.25, 0.3) is 0 Å². The first-order chi connectivity index (χ1) is 7.38. The number of hydrogen-bond acceptors (Lipinski definition) is 3. The summed E-state index contributed by atoms with van der Waals surface area (Å²) in [6, 6.07) is 6.48. The summed E-state index contributed by atoms with van der Waals surface area (Å²) in [7, 11) is 0. The van der Waals surface area contributed by atoms with E-state index in [4.69, 9.17) is 5.73 Å². The minimum Gasteiger partial charge on any atom is -0.320 e. The number of hydrogen-bond donors (Lipinski definition) is 1. The second-order valence-corrected chi connectivity index (χ2v) is 6.15. The Bertz CT molecular complexity index is 506. The van der Waals surface area contributed by atoms with E-state index in [2.05, 4.69) is 37.0 Å². The highest BCUT2D eigenvalue weighted by atomic mass is 32.1. The van der Waals surface area contributed by atoms with Crippen LogP contribution >= 0.6 is 11.3 Å². The zero-order valence-electron chi connectivity index (χ0n) is 10.2. The molecule has 1 heterocycles. The first-order valence-corrected chi connectivity index (χ1v) is 6.39. The molecule has 2 N–H and O–H groups in total. The van der Waals surface area contributed by atoms with Crippen LogP contribution in [0.25, 0.3) is 10.2 Å². The van der Waals surface area contributed by atoms with E-state index in [9.17, 15) is 0 Å². The molecule has 16 heavy (non-hydrogen) atoms. The fraction of sp³-hybridized carbons (Fsp3) is 0.462. The lowest BCUT2D eigenvalue weighted by Gasteiger charge is -2.13. The van der Waals surface area contributed by atoms with Crippen LogP contribution in [0.5, 0.6) is 0 Å². The molecule has 2 aromatic rings. The van der Waals surface area contributed by atoms with Gasteiger partial charge in [0.1, 0.15) is 5.01 Å². The molecular weight excluding hydrogens is 216 g/mol. The number of thiazole rings is 1. The molecule has 0 aliphatic heterocycles. The Hall–Kier alpha value is -0.930. The number of nitrogens with zero attached hydrogens (tertiary/aromatic N) is 1. The van der Waals surface area contributed by atoms with Gasteiger partial charge in [0.2, 0.25) is 0 Å². The molecule has 2 nitrogen and oxygen atoms in total. The Balaban J connectivity index is 2.54. The summed E-state index contributed by atoms with van der Waals surface area (Å²) in [5.41, 5.74) is 8.14. The zero-order valence-corrected chi connectivity index (χ0v) is 11.1. The van der Waals surface area contributed by atoms with Gasteiger partial charge in [-0.2, -0.15) is 0 Å². The number of benzene rings is 1. The highest BCUT2D eigenvalue weighted by Crippen LogP contribution is 2.30. The molecule has 0 saturated carbocycles. The largest absolute Gasteiger partial charge is 0.320 e. The van der Waals surface area contributed by atoms with Crippen molar-refractivity contribution in [3.05, 3.63) is 28.8 Å². The molecule has 1 aromatic carbocycles. The molecule has 0 aliphatic rings. The van der Waals surface area contributed by atoms with Gasteiger partial charge < -0.3 is 5.73 Å². The zero-order chi connectivity index (χ0) is 11.9. The van der Waals surface area contributed by atoms with Crippen molar-refractivity contribution in [1.29, 1.82) is 0 Å². The van der Waals surface area contributed by atoms with Crippen LogP contribution in [0.2, 0.25) is 0 Å². The second-order valence-electron chi connectivity index (χ2n) is 5.12. The summed E-state index contributed by atoms with van der Waals surface area (Å²) in [5, 5.41) is 1.00. The van der Waals surface area contributed by atoms with Gasteiger partial charge in [-0.1, -0.05) is 19.9 Å². The molecule has 0 spiro atoms. The molecule has 0 atom stereocenters. The normalized spacial score (nSPS) is 12.6. The maximum atomic E-state index is 6.07. The van der Waals surface area contributed by atoms with Gasteiger partial charge in [0.05, 0.1) is 15.8 Å². The van der Waals surface area contributed by atoms with Crippen LogP contribution in [0, 0.1) is 0 Å². The summed E-state index contributed by atoms with van der Waals surface area (Å²) >= 11 is 1.70. The fourth-order valence-corrected chi connectivity index (χ4v) is 2.60. The van der Waals surface area contributed by atoms with Crippen molar-refractivity contribution in [3.8, 4) is 0 Å². The fourth-order valence-electron chi connectivity index (χ4n) is 1.58. The van der Waals surface area contributed by atoms with Crippen molar-refractivity contribution in [3.63, 3.8) is 0 Å². The monoisotopic (exact) mass is 234 g/mol. The van der Waals surface area contributed by atoms with Crippen LogP contribution in [0.4, 0.5) is 0 Å². The van der Waals surface area contributed by atoms with Crippen LogP contribution in [0.3, 0.4) is 0 Å². The molecule has 0 aliphatic carbocycles. The minimum absolute atomic E-state index is 0.346. The van der Waals surface area contributed by atoms with E-state index < -0.39 is 0 Å². The topological polar surface area (TPSA) is 38.9 Å². The average Bonchev–Trinajstić information content (AvgIpc) is 2.58. The van der Waals surface area contributed by atoms with Gasteiger partial charge in [-0.05, 0) is 37.5 Å². The van der Waals surface area contributed by atoms with Crippen LogP contribution in [0.15, 0.2) is 18.2 Å². The van der Waals surface area contributed by atoms with Crippen molar-refractivity contribution >= 4 is 21.6 Å². The molecule has 0 bridgehead atoms. The highest BCUT2D eigenvalue weighted by molar-refractivity contribution is 7.18. The van der Waals surface area contributed by atoms with Gasteiger partial charge in [-0.3, -0.25) is 0 Å². The number of aromatic nitrogens is 1. The molecule has 86 valence electrons. The van der Waals surface area contributed by atoms with E-state index in [0.29, 0.717) is 5.92 Å². The van der Waals surface area contributed by atoms with E-state index in [1.165, 1.54) is 10.3 Å². The Labute approximate surface area is 101 Å². The molecular formula is C13H18N2S. The molecule has 0 radical (unpaired) electrons. The third kappa shape index (κ3) is 2.11. The lowest BCUT2D eigenvalue weighted by Crippen LogP contribution is -2.28. The van der Waals surface area contributed by atoms with Crippen molar-refractivity contribution in [1.82, 2.24) is 4.98 Å². The number of rotatable bonds is 2. The molecule has 1 aromatic heterocycles. The summed E-state index contributed by atoms with van der Waals surface area (Å²) in [6.07, 6.45) is 0. The quantitative estimate of drug-likeness (QED) is 0.862. The average molecular weight is 234 g/mol. The minimum atomic E-state index is -0.346. The first-order valence-electron chi connectivity index (χ1n) is 5.58. The van der Waals surface area contributed by atoms with Crippen molar-refractivity contribution in [2.24, 2.45) is 5.73 Å². The second kappa shape index (κ2) is 3.82. The summed E-state index contributed by atoms with van der Waals surface area (Å²) in [5.74, 6) is 0.556. The maximum Gasteiger partial charge on any atom is 0.113 e. The molecule has 0 saturated heterocycles. The van der Waals surface area contributed by atoms with Gasteiger partial charge >= 0.3 is 0 Å². The van der Waals surface area contributed by atoms with Crippen molar-refractivity contribution in [2.45, 2.75) is 39.2 Å². The van der Waals surface area contributed by atoms with E-state index in [0.717, 1.165) is 10.5 Å². The summed E-state index contributed by atoms with van der Waals surface area (Å²) in [4.78, 5) is 4.58. The Morgan fingerprint density at radius 3 is 2.56 bits per heavy atom. The lowest BCUT2D eigenvalue weighted by atomic mass is 10.0. The molecule has 0 amide bonds. The molecule has 0 unspecified atom stereocenters. The van der Waals surface area contributed by atoms with Crippen LogP contribution in [-0.2, 0) is 5.54 Å². The SMILES string of the molecule is CC(C)c1ccc2nc(C(C)(C)N)sc2c1. The lowest BCUT2D eigenvalue weighted by molar-refractivity contribution is 0.551. The smallest absolute Gasteiger partial charge is 0.113 e. The first kappa shape index (κ1) is 11.6. The Kier molecular flexibility index (Phi) is 2.76. The third-order valence-electron chi connectivity index (χ3n) is 2.63. The summed E-state index contributed by atoms with van der Waals surface area (Å²) in [6.45, 7) is 8.40. The maximum absolute atomic E-state index is 6.07. The van der Waals surface area contributed by atoms with E-state index >= 15 is 0 Å². The summed E-state index contributed by atoms with van der Waals surface area (Å²) < 4.78 is 1.24. The van der Waals surface area contributed by atoms with E-state index in [1.807, 2.05) is 13.8 Å². The van der Waals surface area contributed by atoms with Gasteiger partial charge in [-0.15, -0.1) is 11.3 Å². The molecule has 2 rings (SSSR count). The van der Waals surface area contributed by atoms with E-state index in [-0.39, 0.29) is 5.54 Å². The van der Waals surface area contributed by atoms with Gasteiger partial charge in [-0.25, -0.2) is 4.98 Å². The van der Waals surface area contributed by atoms with Crippen LogP contribution in [-0.4, -0.2) is 4.98 Å². The van der Waals surface area contributed by atoms with Gasteiger partial charge in [0, 0.05) is 0 Å². The highest BCUT2D eigenvalue weighted by Gasteiger charge is 2.19. The van der Waals surface area contributed by atoms with Crippen LogP contribution < -0.4 is 5.73 Å². The predicted octanol–water partition coefficient (Wildman–Crippen LogP) is 3.61. The Morgan fingerprint density at radius 2 is 2.00 bits per heavy atom. The molecule has 0 fully saturated rings. The van der Waals surface area contributed by atoms with Crippen molar-refractivity contribution < 1.29 is 0 Å². The number of fused-ring (bicyclic) bond motifs is 1.